The number of benzene rings is 1. The van der Waals surface area contributed by atoms with Gasteiger partial charge in [-0.3, -0.25) is 0 Å². The maximum absolute atomic E-state index is 13.3. The Bertz CT molecular complexity index is 1350. The Morgan fingerprint density at radius 3 is 2.30 bits per heavy atom. The van der Waals surface area contributed by atoms with Crippen LogP contribution in [0.4, 0.5) is 26.3 Å². The summed E-state index contributed by atoms with van der Waals surface area (Å²) in [6, 6.07) is 6.14. The molecule has 0 bridgehead atoms. The Kier molecular flexibility index (Phi) is 7.69. The quantitative estimate of drug-likeness (QED) is 0.188. The molecule has 0 spiro atoms. The summed E-state index contributed by atoms with van der Waals surface area (Å²) in [5.74, 6) is -0.957. The molecule has 0 fully saturated rings. The lowest BCUT2D eigenvalue weighted by Crippen LogP contribution is -2.25. The first-order chi connectivity index (χ1) is 17.1. The highest BCUT2D eigenvalue weighted by Crippen LogP contribution is 2.37. The number of carbonyl (C=O) groups excluding carboxylic acids is 1. The molecular weight excluding hydrogens is 504 g/mol. The van der Waals surface area contributed by atoms with Crippen LogP contribution in [0.25, 0.3) is 17.1 Å². The van der Waals surface area contributed by atoms with Crippen molar-refractivity contribution in [2.24, 2.45) is 5.41 Å². The zero-order chi connectivity index (χ0) is 27.6. The van der Waals surface area contributed by atoms with Gasteiger partial charge in [0.25, 0.3) is 0 Å². The van der Waals surface area contributed by atoms with Gasteiger partial charge in [0, 0.05) is 35.3 Å². The number of ether oxygens (including phenoxy) is 1. The molecule has 12 heteroatoms. The number of nitriles is 1. The van der Waals surface area contributed by atoms with Gasteiger partial charge in [-0.2, -0.15) is 31.6 Å². The number of carbonyl (C=O) groups is 1. The van der Waals surface area contributed by atoms with E-state index in [2.05, 4.69) is 4.98 Å². The van der Waals surface area contributed by atoms with E-state index in [9.17, 15) is 41.5 Å². The van der Waals surface area contributed by atoms with Gasteiger partial charge in [-0.05, 0) is 42.0 Å². The summed E-state index contributed by atoms with van der Waals surface area (Å²) in [5.41, 5.74) is -3.80. The Morgan fingerprint density at radius 1 is 1.14 bits per heavy atom. The van der Waals surface area contributed by atoms with Crippen molar-refractivity contribution in [3.8, 4) is 6.07 Å². The summed E-state index contributed by atoms with van der Waals surface area (Å²) >= 11 is 0. The van der Waals surface area contributed by atoms with Gasteiger partial charge >= 0.3 is 18.3 Å². The van der Waals surface area contributed by atoms with Gasteiger partial charge < -0.3 is 14.4 Å². The zero-order valence-corrected chi connectivity index (χ0v) is 19.6. The average Bonchev–Trinajstić information content (AvgIpc) is 3.16. The second-order valence-corrected chi connectivity index (χ2v) is 9.07. The topological polar surface area (TPSA) is 88.1 Å². The molecule has 2 aromatic heterocycles. The molecule has 6 nitrogen and oxygen atoms in total. The van der Waals surface area contributed by atoms with Crippen molar-refractivity contribution in [2.75, 3.05) is 13.2 Å². The number of aliphatic hydroxyl groups is 1. The lowest BCUT2D eigenvalue weighted by molar-refractivity contribution is -0.143. The smallest absolute Gasteiger partial charge is 0.416 e. The second-order valence-electron chi connectivity index (χ2n) is 9.07. The summed E-state index contributed by atoms with van der Waals surface area (Å²) in [6.45, 7) is 2.46. The van der Waals surface area contributed by atoms with E-state index in [0.29, 0.717) is 17.5 Å². The van der Waals surface area contributed by atoms with Crippen molar-refractivity contribution in [3.05, 3.63) is 70.6 Å². The molecule has 3 aromatic rings. The summed E-state index contributed by atoms with van der Waals surface area (Å²) in [6.07, 6.45) is -6.04. The first-order valence-electron chi connectivity index (χ1n) is 10.8. The largest absolute Gasteiger partial charge is 0.461 e. The van der Waals surface area contributed by atoms with Crippen LogP contribution in [0.1, 0.15) is 36.1 Å². The molecule has 0 unspecified atom stereocenters. The van der Waals surface area contributed by atoms with E-state index in [1.165, 1.54) is 23.0 Å². The van der Waals surface area contributed by atoms with Crippen LogP contribution in [0.15, 0.2) is 48.3 Å². The van der Waals surface area contributed by atoms with Gasteiger partial charge in [0.2, 0.25) is 0 Å². The summed E-state index contributed by atoms with van der Waals surface area (Å²) in [5, 5.41) is 19.2. The second kappa shape index (κ2) is 10.3. The Hall–Kier alpha value is -3.85. The van der Waals surface area contributed by atoms with Crippen LogP contribution in [-0.2, 0) is 28.4 Å². The third-order valence-corrected chi connectivity index (χ3v) is 5.33. The van der Waals surface area contributed by atoms with Crippen LogP contribution in [0.3, 0.4) is 0 Å². The van der Waals surface area contributed by atoms with Crippen LogP contribution in [0, 0.1) is 16.7 Å². The van der Waals surface area contributed by atoms with Crippen LogP contribution >= 0.6 is 0 Å². The minimum absolute atomic E-state index is 0.0482. The molecule has 3 rings (SSSR count). The molecule has 0 saturated heterocycles. The number of hydrogen-bond donors (Lipinski definition) is 1. The summed E-state index contributed by atoms with van der Waals surface area (Å²) < 4.78 is 86.0. The van der Waals surface area contributed by atoms with Gasteiger partial charge in [0.05, 0.1) is 24.3 Å². The van der Waals surface area contributed by atoms with E-state index in [0.717, 1.165) is 0 Å². The van der Waals surface area contributed by atoms with Crippen LogP contribution in [0.5, 0.6) is 0 Å². The highest BCUT2D eigenvalue weighted by Gasteiger charge is 2.37. The molecule has 1 N–H and O–H groups in total. The van der Waals surface area contributed by atoms with Gasteiger partial charge in [0.1, 0.15) is 17.3 Å². The van der Waals surface area contributed by atoms with Crippen molar-refractivity contribution < 1.29 is 41.0 Å². The molecule has 0 amide bonds. The molecule has 196 valence electrons. The first kappa shape index (κ1) is 27.7. The highest BCUT2D eigenvalue weighted by atomic mass is 19.4. The fourth-order valence-electron chi connectivity index (χ4n) is 3.37. The van der Waals surface area contributed by atoms with Gasteiger partial charge in [-0.15, -0.1) is 0 Å². The van der Waals surface area contributed by atoms with Crippen molar-refractivity contribution in [2.45, 2.75) is 32.7 Å². The van der Waals surface area contributed by atoms with Gasteiger partial charge in [-0.1, -0.05) is 13.8 Å². The Morgan fingerprint density at radius 2 is 1.76 bits per heavy atom. The number of nitrogens with zero attached hydrogens (tertiary/aromatic N) is 3. The van der Waals surface area contributed by atoms with E-state index >= 15 is 0 Å². The van der Waals surface area contributed by atoms with E-state index in [1.807, 2.05) is 0 Å². The molecule has 1 aromatic carbocycles. The van der Waals surface area contributed by atoms with Crippen LogP contribution in [0.2, 0.25) is 0 Å². The summed E-state index contributed by atoms with van der Waals surface area (Å²) in [7, 11) is 0. The zero-order valence-electron chi connectivity index (χ0n) is 19.6. The van der Waals surface area contributed by atoms with Crippen LogP contribution < -0.4 is 0 Å². The number of esters is 1. The lowest BCUT2D eigenvalue weighted by atomic mass is 9.96. The number of pyridine rings is 1. The number of rotatable bonds is 7. The monoisotopic (exact) mass is 525 g/mol. The molecule has 0 saturated carbocycles. The van der Waals surface area contributed by atoms with Crippen molar-refractivity contribution >= 4 is 23.1 Å². The normalized spacial score (nSPS) is 13.0. The van der Waals surface area contributed by atoms with Crippen molar-refractivity contribution in [3.63, 3.8) is 0 Å². The SMILES string of the molecule is CC(C)(CO)COC(=O)/C(C#N)=C/c1cn(Cc2cc(C(F)(F)F)cc(C(F)(F)F)c2)c2ncccc12. The minimum Gasteiger partial charge on any atom is -0.461 e. The van der Waals surface area contributed by atoms with Crippen molar-refractivity contribution in [1.29, 1.82) is 5.26 Å². The molecule has 0 aliphatic rings. The fraction of sp³-hybridized carbons (Fsp3) is 0.320. The molecule has 0 aliphatic carbocycles. The third-order valence-electron chi connectivity index (χ3n) is 5.33. The number of alkyl halides is 6. The third kappa shape index (κ3) is 6.68. The van der Waals surface area contributed by atoms with Crippen LogP contribution in [-0.4, -0.2) is 33.8 Å². The molecule has 0 radical (unpaired) electrons. The van der Waals surface area contributed by atoms with Gasteiger partial charge in [0.15, 0.2) is 0 Å². The average molecular weight is 525 g/mol. The summed E-state index contributed by atoms with van der Waals surface area (Å²) in [4.78, 5) is 16.6. The highest BCUT2D eigenvalue weighted by molar-refractivity contribution is 6.00. The molecule has 2 heterocycles. The van der Waals surface area contributed by atoms with Gasteiger partial charge in [-0.25, -0.2) is 9.78 Å². The Balaban J connectivity index is 2.03. The standard InChI is InChI=1S/C25H21F6N3O3/c1-23(2,13-35)14-37-22(36)16(10-32)8-17-12-34(21-20(17)4-3-5-33-21)11-15-6-18(24(26,27)28)9-19(7-15)25(29,30)31/h3-9,12,35H,11,13-14H2,1-2H3/b16-8+. The molecule has 0 aliphatic heterocycles. The predicted octanol–water partition coefficient (Wildman–Crippen LogP) is 5.59. The number of halogens is 6. The number of hydrogen-bond acceptors (Lipinski definition) is 5. The molecule has 37 heavy (non-hydrogen) atoms. The van der Waals surface area contributed by atoms with E-state index in [1.54, 1.807) is 32.0 Å². The number of aromatic nitrogens is 2. The molecule has 0 atom stereocenters. The van der Waals surface area contributed by atoms with E-state index in [4.69, 9.17) is 4.74 Å². The minimum atomic E-state index is -4.99. The van der Waals surface area contributed by atoms with E-state index in [-0.39, 0.29) is 36.1 Å². The number of aliphatic hydroxyl groups excluding tert-OH is 1. The fourth-order valence-corrected chi connectivity index (χ4v) is 3.37. The lowest BCUT2D eigenvalue weighted by Gasteiger charge is -2.20. The molecular formula is C25H21F6N3O3. The maximum atomic E-state index is 13.3. The Labute approximate surface area is 207 Å². The predicted molar refractivity (Wildman–Crippen MR) is 121 cm³/mol. The number of fused-ring (bicyclic) bond motifs is 1. The maximum Gasteiger partial charge on any atom is 0.416 e. The van der Waals surface area contributed by atoms with Crippen molar-refractivity contribution in [1.82, 2.24) is 9.55 Å². The first-order valence-corrected chi connectivity index (χ1v) is 10.8. The van der Waals surface area contributed by atoms with E-state index < -0.39 is 47.0 Å².